The number of hydrogen-bond donors (Lipinski definition) is 3. The van der Waals surface area contributed by atoms with Gasteiger partial charge in [0.25, 0.3) is 0 Å². The van der Waals surface area contributed by atoms with Crippen molar-refractivity contribution in [3.8, 4) is 0 Å². The normalized spacial score (nSPS) is 12.8. The van der Waals surface area contributed by atoms with Crippen molar-refractivity contribution < 1.29 is 15.0 Å². The summed E-state index contributed by atoms with van der Waals surface area (Å²) in [5, 5.41) is 23.3. The van der Waals surface area contributed by atoms with Gasteiger partial charge in [-0.2, -0.15) is 0 Å². The van der Waals surface area contributed by atoms with Crippen LogP contribution >= 0.6 is 0 Å². The number of amides is 1. The molecule has 0 aromatic carbocycles. The molecular formula is C74H143NO3. The van der Waals surface area contributed by atoms with E-state index in [2.05, 4.69) is 43.5 Å². The summed E-state index contributed by atoms with van der Waals surface area (Å²) in [5.74, 6) is -0.0647. The van der Waals surface area contributed by atoms with Gasteiger partial charge in [0.05, 0.1) is 18.8 Å². The standard InChI is InChI=1S/C74H143NO3/c1-3-5-7-9-11-13-15-17-19-21-23-25-27-29-31-33-34-35-36-37-38-39-40-42-44-46-48-50-52-54-56-58-60-62-64-66-68-70-74(78)75-72(71-76)73(77)69-67-65-63-61-59-57-55-53-51-49-47-45-43-41-32-30-28-26-24-22-20-18-16-14-12-10-8-6-4-2/h21,23,59,61,67,69,72-73,76-77H,3-20,22,24-58,60,62-66,68,70-71H2,1-2H3,(H,75,78)/b23-21-,61-59+,69-67+. The third kappa shape index (κ3) is 65.4. The molecule has 0 aliphatic heterocycles. The summed E-state index contributed by atoms with van der Waals surface area (Å²) in [6.45, 7) is 4.35. The molecule has 0 radical (unpaired) electrons. The molecule has 0 fully saturated rings. The van der Waals surface area contributed by atoms with E-state index in [1.165, 1.54) is 360 Å². The second-order valence-corrected chi connectivity index (χ2v) is 25.0. The monoisotopic (exact) mass is 1090 g/mol. The first kappa shape index (κ1) is 76.6. The predicted molar refractivity (Wildman–Crippen MR) is 350 cm³/mol. The van der Waals surface area contributed by atoms with Gasteiger partial charge < -0.3 is 15.5 Å². The molecular weight excluding hydrogens is 951 g/mol. The van der Waals surface area contributed by atoms with Gasteiger partial charge in [0.1, 0.15) is 0 Å². The van der Waals surface area contributed by atoms with Crippen molar-refractivity contribution in [3.05, 3.63) is 36.5 Å². The number of nitrogens with one attached hydrogen (secondary N) is 1. The summed E-state index contributed by atoms with van der Waals surface area (Å²) in [6, 6.07) is -0.639. The molecule has 0 saturated carbocycles. The van der Waals surface area contributed by atoms with Crippen LogP contribution in [0, 0.1) is 0 Å². The zero-order valence-corrected chi connectivity index (χ0v) is 53.5. The summed E-state index contributed by atoms with van der Waals surface area (Å²) < 4.78 is 0. The number of carbonyl (C=O) groups is 1. The maximum atomic E-state index is 12.5. The van der Waals surface area contributed by atoms with Crippen molar-refractivity contribution in [2.75, 3.05) is 6.61 Å². The number of carbonyl (C=O) groups excluding carboxylic acids is 1. The first-order valence-electron chi connectivity index (χ1n) is 36.2. The molecule has 78 heavy (non-hydrogen) atoms. The average molecular weight is 1090 g/mol. The Morgan fingerprint density at radius 1 is 0.295 bits per heavy atom. The van der Waals surface area contributed by atoms with Crippen molar-refractivity contribution in [2.45, 2.75) is 424 Å². The van der Waals surface area contributed by atoms with E-state index in [9.17, 15) is 15.0 Å². The Bertz CT molecular complexity index is 1190. The van der Waals surface area contributed by atoms with E-state index in [0.29, 0.717) is 6.42 Å². The minimum Gasteiger partial charge on any atom is -0.394 e. The second kappa shape index (κ2) is 69.9. The Hall–Kier alpha value is -1.39. The lowest BCUT2D eigenvalue weighted by Gasteiger charge is -2.19. The fraction of sp³-hybridized carbons (Fsp3) is 0.905. The van der Waals surface area contributed by atoms with Crippen molar-refractivity contribution in [1.29, 1.82) is 0 Å². The molecule has 0 bridgehead atoms. The largest absolute Gasteiger partial charge is 0.394 e. The molecule has 0 aromatic rings. The molecule has 2 unspecified atom stereocenters. The summed E-state index contributed by atoms with van der Waals surface area (Å²) in [5.41, 5.74) is 0. The van der Waals surface area contributed by atoms with Crippen LogP contribution in [0.5, 0.6) is 0 Å². The van der Waals surface area contributed by atoms with Gasteiger partial charge >= 0.3 is 0 Å². The zero-order valence-electron chi connectivity index (χ0n) is 53.5. The summed E-state index contributed by atoms with van der Waals surface area (Å²) >= 11 is 0. The lowest BCUT2D eigenvalue weighted by atomic mass is 10.0. The Morgan fingerprint density at radius 3 is 0.744 bits per heavy atom. The van der Waals surface area contributed by atoms with Crippen LogP contribution in [0.4, 0.5) is 0 Å². The fourth-order valence-electron chi connectivity index (χ4n) is 11.6. The minimum absolute atomic E-state index is 0.0647. The molecule has 3 N–H and O–H groups in total. The molecule has 0 heterocycles. The maximum Gasteiger partial charge on any atom is 0.220 e. The highest BCUT2D eigenvalue weighted by atomic mass is 16.3. The van der Waals surface area contributed by atoms with Crippen LogP contribution in [-0.4, -0.2) is 34.9 Å². The topological polar surface area (TPSA) is 69.6 Å². The van der Waals surface area contributed by atoms with E-state index >= 15 is 0 Å². The summed E-state index contributed by atoms with van der Waals surface area (Å²) in [7, 11) is 0. The van der Waals surface area contributed by atoms with E-state index < -0.39 is 12.1 Å². The molecule has 1 amide bonds. The zero-order chi connectivity index (χ0) is 56.2. The fourth-order valence-corrected chi connectivity index (χ4v) is 11.6. The Kier molecular flexibility index (Phi) is 68.6. The molecule has 0 spiro atoms. The number of rotatable bonds is 68. The number of unbranched alkanes of at least 4 members (excludes halogenated alkanes) is 57. The quantitative estimate of drug-likeness (QED) is 0.0420. The Morgan fingerprint density at radius 2 is 0.500 bits per heavy atom. The summed E-state index contributed by atoms with van der Waals surface area (Å²) in [4.78, 5) is 12.5. The molecule has 0 rings (SSSR count). The first-order chi connectivity index (χ1) is 38.7. The van der Waals surface area contributed by atoms with E-state index in [1.54, 1.807) is 6.08 Å². The smallest absolute Gasteiger partial charge is 0.220 e. The Balaban J connectivity index is 3.42. The molecule has 4 nitrogen and oxygen atoms in total. The lowest BCUT2D eigenvalue weighted by molar-refractivity contribution is -0.123. The van der Waals surface area contributed by atoms with Gasteiger partial charge in [-0.1, -0.05) is 384 Å². The second-order valence-electron chi connectivity index (χ2n) is 25.0. The first-order valence-corrected chi connectivity index (χ1v) is 36.2. The van der Waals surface area contributed by atoms with Crippen LogP contribution in [0.1, 0.15) is 412 Å². The van der Waals surface area contributed by atoms with Gasteiger partial charge in [0.2, 0.25) is 5.91 Å². The Labute approximate surface area is 491 Å². The third-order valence-electron chi connectivity index (χ3n) is 17.1. The van der Waals surface area contributed by atoms with Gasteiger partial charge in [-0.15, -0.1) is 0 Å². The minimum atomic E-state index is -0.862. The van der Waals surface area contributed by atoms with Crippen molar-refractivity contribution in [2.24, 2.45) is 0 Å². The highest BCUT2D eigenvalue weighted by molar-refractivity contribution is 5.76. The molecule has 0 aromatic heterocycles. The van der Waals surface area contributed by atoms with E-state index in [4.69, 9.17) is 0 Å². The highest BCUT2D eigenvalue weighted by Crippen LogP contribution is 2.19. The van der Waals surface area contributed by atoms with Crippen LogP contribution in [0.3, 0.4) is 0 Å². The van der Waals surface area contributed by atoms with Crippen LogP contribution in [0.25, 0.3) is 0 Å². The number of aliphatic hydroxyl groups excluding tert-OH is 2. The van der Waals surface area contributed by atoms with Gasteiger partial charge in [-0.3, -0.25) is 4.79 Å². The van der Waals surface area contributed by atoms with E-state index in [-0.39, 0.29) is 12.5 Å². The predicted octanol–water partition coefficient (Wildman–Crippen LogP) is 24.7. The molecule has 462 valence electrons. The van der Waals surface area contributed by atoms with Crippen LogP contribution in [0.15, 0.2) is 36.5 Å². The van der Waals surface area contributed by atoms with Gasteiger partial charge in [0.15, 0.2) is 0 Å². The SMILES string of the molecule is CCCCCCCCCC/C=C\CCCCCCCCCCCCCCCCCCCCCCCCCCCC(=O)NC(CO)C(O)/C=C/CC/C=C/CCCCCCCCCCCCCCCCCCCCCCCCC. The van der Waals surface area contributed by atoms with Crippen molar-refractivity contribution >= 4 is 5.91 Å². The van der Waals surface area contributed by atoms with Gasteiger partial charge in [-0.25, -0.2) is 0 Å². The number of aliphatic hydroxyl groups is 2. The molecule has 0 saturated heterocycles. The highest BCUT2D eigenvalue weighted by Gasteiger charge is 2.18. The van der Waals surface area contributed by atoms with Crippen LogP contribution < -0.4 is 5.32 Å². The molecule has 0 aliphatic carbocycles. The van der Waals surface area contributed by atoms with Crippen molar-refractivity contribution in [1.82, 2.24) is 5.32 Å². The molecule has 2 atom stereocenters. The molecule has 4 heteroatoms. The molecule has 0 aliphatic rings. The van der Waals surface area contributed by atoms with Crippen LogP contribution in [-0.2, 0) is 4.79 Å². The number of allylic oxidation sites excluding steroid dienone is 5. The van der Waals surface area contributed by atoms with Crippen molar-refractivity contribution in [3.63, 3.8) is 0 Å². The average Bonchev–Trinajstić information content (AvgIpc) is 3.44. The van der Waals surface area contributed by atoms with E-state index in [0.717, 1.165) is 32.1 Å². The number of hydrogen-bond acceptors (Lipinski definition) is 3. The third-order valence-corrected chi connectivity index (χ3v) is 17.1. The van der Waals surface area contributed by atoms with E-state index in [1.807, 2.05) is 6.08 Å². The van der Waals surface area contributed by atoms with Gasteiger partial charge in [-0.05, 0) is 57.8 Å². The summed E-state index contributed by atoms with van der Waals surface area (Å²) in [6.07, 6.45) is 96.9. The maximum absolute atomic E-state index is 12.5. The van der Waals surface area contributed by atoms with Crippen LogP contribution in [0.2, 0.25) is 0 Å². The lowest BCUT2D eigenvalue weighted by Crippen LogP contribution is -2.45. The van der Waals surface area contributed by atoms with Gasteiger partial charge in [0, 0.05) is 6.42 Å².